The lowest BCUT2D eigenvalue weighted by molar-refractivity contribution is -0.385. The Hall–Kier alpha value is -3.36. The van der Waals surface area contributed by atoms with Crippen LogP contribution in [-0.2, 0) is 4.79 Å². The lowest BCUT2D eigenvalue weighted by Gasteiger charge is -2.10. The molecule has 130 valence electrons. The Morgan fingerprint density at radius 1 is 1.16 bits per heavy atom. The van der Waals surface area contributed by atoms with Gasteiger partial charge in [-0.3, -0.25) is 14.9 Å². The molecule has 2 aromatic carbocycles. The summed E-state index contributed by atoms with van der Waals surface area (Å²) in [6, 6.07) is 10.6. The minimum absolute atomic E-state index is 0.0824. The van der Waals surface area contributed by atoms with Gasteiger partial charge >= 0.3 is 6.36 Å². The predicted molar refractivity (Wildman–Crippen MR) is 83.9 cm³/mol. The number of para-hydroxylation sites is 1. The molecular weight excluding hydrogens is 341 g/mol. The molecule has 0 aliphatic carbocycles. The van der Waals surface area contributed by atoms with Crippen LogP contribution >= 0.6 is 0 Å². The largest absolute Gasteiger partial charge is 0.573 e. The first-order chi connectivity index (χ1) is 11.7. The molecule has 0 saturated carbocycles. The number of nitrogens with zero attached hydrogens (tertiary/aromatic N) is 1. The molecule has 9 heteroatoms. The van der Waals surface area contributed by atoms with Gasteiger partial charge in [0.05, 0.1) is 10.5 Å². The molecular formula is C16H11F3N2O4. The normalized spacial score (nSPS) is 11.3. The van der Waals surface area contributed by atoms with E-state index in [4.69, 9.17) is 0 Å². The molecule has 0 aliphatic rings. The Morgan fingerprint density at radius 3 is 2.56 bits per heavy atom. The van der Waals surface area contributed by atoms with Crippen molar-refractivity contribution < 1.29 is 27.6 Å². The fourth-order valence-corrected chi connectivity index (χ4v) is 1.92. The first-order valence-corrected chi connectivity index (χ1v) is 6.83. The number of amides is 1. The average Bonchev–Trinajstić information content (AvgIpc) is 2.52. The van der Waals surface area contributed by atoms with Crippen molar-refractivity contribution in [2.24, 2.45) is 0 Å². The second-order valence-electron chi connectivity index (χ2n) is 4.71. The van der Waals surface area contributed by atoms with Gasteiger partial charge in [0.15, 0.2) is 0 Å². The zero-order chi connectivity index (χ0) is 18.4. The van der Waals surface area contributed by atoms with E-state index < -0.39 is 22.9 Å². The van der Waals surface area contributed by atoms with Gasteiger partial charge in [0.2, 0.25) is 5.91 Å². The summed E-state index contributed by atoms with van der Waals surface area (Å²) >= 11 is 0. The first kappa shape index (κ1) is 18.0. The van der Waals surface area contributed by atoms with E-state index in [1.54, 1.807) is 6.07 Å². The van der Waals surface area contributed by atoms with Gasteiger partial charge in [-0.2, -0.15) is 0 Å². The lowest BCUT2D eigenvalue weighted by atomic mass is 10.1. The van der Waals surface area contributed by atoms with Crippen LogP contribution in [0.1, 0.15) is 5.56 Å². The monoisotopic (exact) mass is 352 g/mol. The van der Waals surface area contributed by atoms with E-state index in [-0.39, 0.29) is 16.9 Å². The number of nitro benzene ring substituents is 1. The summed E-state index contributed by atoms with van der Waals surface area (Å²) in [4.78, 5) is 22.1. The first-order valence-electron chi connectivity index (χ1n) is 6.83. The SMILES string of the molecule is O=C(/C=C/c1ccccc1[N+](=O)[O-])Nc1cccc(OC(F)(F)F)c1. The van der Waals surface area contributed by atoms with E-state index in [9.17, 15) is 28.1 Å². The van der Waals surface area contributed by atoms with Gasteiger partial charge in [0.25, 0.3) is 5.69 Å². The van der Waals surface area contributed by atoms with Crippen molar-refractivity contribution in [1.82, 2.24) is 0 Å². The minimum Gasteiger partial charge on any atom is -0.406 e. The molecule has 1 N–H and O–H groups in total. The van der Waals surface area contributed by atoms with Crippen molar-refractivity contribution >= 4 is 23.4 Å². The Bertz CT molecular complexity index is 819. The minimum atomic E-state index is -4.84. The quantitative estimate of drug-likeness (QED) is 0.498. The topological polar surface area (TPSA) is 81.5 Å². The molecule has 0 atom stereocenters. The lowest BCUT2D eigenvalue weighted by Crippen LogP contribution is -2.17. The van der Waals surface area contributed by atoms with Crippen LogP contribution in [0.5, 0.6) is 5.75 Å². The molecule has 0 bridgehead atoms. The Kier molecular flexibility index (Phi) is 5.38. The Morgan fingerprint density at radius 2 is 1.88 bits per heavy atom. The van der Waals surface area contributed by atoms with Gasteiger partial charge in [0.1, 0.15) is 5.75 Å². The number of nitro groups is 1. The maximum absolute atomic E-state index is 12.2. The molecule has 0 heterocycles. The van der Waals surface area contributed by atoms with Crippen molar-refractivity contribution in [3.05, 3.63) is 70.3 Å². The van der Waals surface area contributed by atoms with Gasteiger partial charge in [0, 0.05) is 23.9 Å². The average molecular weight is 352 g/mol. The zero-order valence-electron chi connectivity index (χ0n) is 12.5. The maximum atomic E-state index is 12.2. The van der Waals surface area contributed by atoms with Crippen LogP contribution < -0.4 is 10.1 Å². The molecule has 0 unspecified atom stereocenters. The molecule has 0 fully saturated rings. The highest BCUT2D eigenvalue weighted by atomic mass is 19.4. The number of alkyl halides is 3. The Labute approximate surface area is 139 Å². The van der Waals surface area contributed by atoms with Crippen LogP contribution in [0.4, 0.5) is 24.5 Å². The number of benzene rings is 2. The van der Waals surface area contributed by atoms with Gasteiger partial charge in [-0.15, -0.1) is 13.2 Å². The van der Waals surface area contributed by atoms with E-state index in [1.165, 1.54) is 36.4 Å². The number of rotatable bonds is 5. The fraction of sp³-hybridized carbons (Fsp3) is 0.0625. The van der Waals surface area contributed by atoms with E-state index in [0.717, 1.165) is 18.2 Å². The summed E-state index contributed by atoms with van der Waals surface area (Å²) in [5.74, 6) is -1.14. The van der Waals surface area contributed by atoms with Crippen LogP contribution in [0.25, 0.3) is 6.08 Å². The number of carbonyl (C=O) groups excluding carboxylic acids is 1. The number of ether oxygens (including phenoxy) is 1. The van der Waals surface area contributed by atoms with Crippen molar-refractivity contribution in [2.75, 3.05) is 5.32 Å². The highest BCUT2D eigenvalue weighted by Crippen LogP contribution is 2.25. The standard InChI is InChI=1S/C16H11F3N2O4/c17-16(18,19)25-13-6-3-5-12(10-13)20-15(22)9-8-11-4-1-2-7-14(11)21(23)24/h1-10H,(H,20,22)/b9-8+. The smallest absolute Gasteiger partial charge is 0.406 e. The molecule has 2 rings (SSSR count). The van der Waals surface area contributed by atoms with Crippen molar-refractivity contribution in [3.8, 4) is 5.75 Å². The second kappa shape index (κ2) is 7.47. The summed E-state index contributed by atoms with van der Waals surface area (Å²) in [6.45, 7) is 0. The van der Waals surface area contributed by atoms with Gasteiger partial charge in [-0.05, 0) is 24.3 Å². The van der Waals surface area contributed by atoms with Crippen molar-refractivity contribution in [2.45, 2.75) is 6.36 Å². The third kappa shape index (κ3) is 5.65. The van der Waals surface area contributed by atoms with Crippen LogP contribution in [0.2, 0.25) is 0 Å². The third-order valence-electron chi connectivity index (χ3n) is 2.88. The van der Waals surface area contributed by atoms with E-state index in [0.29, 0.717) is 0 Å². The van der Waals surface area contributed by atoms with E-state index >= 15 is 0 Å². The molecule has 0 spiro atoms. The van der Waals surface area contributed by atoms with Gasteiger partial charge < -0.3 is 10.1 Å². The highest BCUT2D eigenvalue weighted by molar-refractivity contribution is 6.02. The summed E-state index contributed by atoms with van der Waals surface area (Å²) in [6.07, 6.45) is -2.56. The number of nitrogens with one attached hydrogen (secondary N) is 1. The van der Waals surface area contributed by atoms with E-state index in [2.05, 4.69) is 10.1 Å². The summed E-state index contributed by atoms with van der Waals surface area (Å²) < 4.78 is 40.3. The summed E-state index contributed by atoms with van der Waals surface area (Å²) in [7, 11) is 0. The van der Waals surface area contributed by atoms with Crippen LogP contribution in [-0.4, -0.2) is 17.2 Å². The van der Waals surface area contributed by atoms with Gasteiger partial charge in [-0.1, -0.05) is 18.2 Å². The number of anilines is 1. The number of hydrogen-bond donors (Lipinski definition) is 1. The van der Waals surface area contributed by atoms with Crippen LogP contribution in [0.15, 0.2) is 54.6 Å². The Balaban J connectivity index is 2.08. The third-order valence-corrected chi connectivity index (χ3v) is 2.88. The molecule has 25 heavy (non-hydrogen) atoms. The molecule has 1 amide bonds. The highest BCUT2D eigenvalue weighted by Gasteiger charge is 2.31. The number of halogens is 3. The summed E-state index contributed by atoms with van der Waals surface area (Å²) in [5, 5.41) is 13.2. The van der Waals surface area contributed by atoms with E-state index in [1.807, 2.05) is 0 Å². The molecule has 0 radical (unpaired) electrons. The predicted octanol–water partition coefficient (Wildman–Crippen LogP) is 4.15. The zero-order valence-corrected chi connectivity index (χ0v) is 12.5. The number of hydrogen-bond acceptors (Lipinski definition) is 4. The van der Waals surface area contributed by atoms with Crippen LogP contribution in [0, 0.1) is 10.1 Å². The number of carbonyl (C=O) groups is 1. The molecule has 2 aromatic rings. The fourth-order valence-electron chi connectivity index (χ4n) is 1.92. The molecule has 0 saturated heterocycles. The molecule has 6 nitrogen and oxygen atoms in total. The molecule has 0 aromatic heterocycles. The second-order valence-corrected chi connectivity index (χ2v) is 4.71. The van der Waals surface area contributed by atoms with Gasteiger partial charge in [-0.25, -0.2) is 0 Å². The van der Waals surface area contributed by atoms with Crippen molar-refractivity contribution in [1.29, 1.82) is 0 Å². The summed E-state index contributed by atoms with van der Waals surface area (Å²) in [5.41, 5.74) is 0.128. The van der Waals surface area contributed by atoms with Crippen molar-refractivity contribution in [3.63, 3.8) is 0 Å². The molecule has 0 aliphatic heterocycles. The maximum Gasteiger partial charge on any atom is 0.573 e. The van der Waals surface area contributed by atoms with Crippen LogP contribution in [0.3, 0.4) is 0 Å².